The fraction of sp³-hybridized carbons (Fsp3) is 0.417. The summed E-state index contributed by atoms with van der Waals surface area (Å²) in [6.07, 6.45) is 0.723. The number of benzene rings is 1. The zero-order valence-electron chi connectivity index (χ0n) is 9.69. The maximum absolute atomic E-state index is 11.5. The van der Waals surface area contributed by atoms with Gasteiger partial charge in [0.1, 0.15) is 5.75 Å². The first-order valence-corrected chi connectivity index (χ1v) is 5.17. The van der Waals surface area contributed by atoms with E-state index >= 15 is 0 Å². The van der Waals surface area contributed by atoms with Crippen molar-refractivity contribution in [3.63, 3.8) is 0 Å². The minimum absolute atomic E-state index is 0.0445. The van der Waals surface area contributed by atoms with Gasteiger partial charge in [0.25, 0.3) is 0 Å². The molecule has 0 aliphatic heterocycles. The molecule has 0 bridgehead atoms. The molecule has 0 fully saturated rings. The van der Waals surface area contributed by atoms with Gasteiger partial charge in [-0.2, -0.15) is 0 Å². The van der Waals surface area contributed by atoms with Crippen molar-refractivity contribution in [2.45, 2.75) is 20.3 Å². The van der Waals surface area contributed by atoms with Gasteiger partial charge in [-0.25, -0.2) is 0 Å². The van der Waals surface area contributed by atoms with E-state index in [1.807, 2.05) is 6.92 Å². The van der Waals surface area contributed by atoms with Crippen LogP contribution in [0.2, 0.25) is 0 Å². The standard InChI is InChI=1S/C12H16O4/c1-4-8(2)12(14)16-9-5-6-11(15-3)10(13)7-9/h5-8,13H,4H2,1-3H3. The molecule has 0 saturated carbocycles. The van der Waals surface area contributed by atoms with E-state index in [1.54, 1.807) is 19.1 Å². The molecule has 0 saturated heterocycles. The number of carbonyl (C=O) groups excluding carboxylic acids is 1. The van der Waals surface area contributed by atoms with Gasteiger partial charge in [0.2, 0.25) is 0 Å². The number of aromatic hydroxyl groups is 1. The lowest BCUT2D eigenvalue weighted by Gasteiger charge is -2.10. The number of ether oxygens (including phenoxy) is 2. The van der Waals surface area contributed by atoms with Crippen molar-refractivity contribution in [1.29, 1.82) is 0 Å². The SMILES string of the molecule is CCC(C)C(=O)Oc1ccc(OC)c(O)c1. The Kier molecular flexibility index (Phi) is 4.17. The Morgan fingerprint density at radius 1 is 1.50 bits per heavy atom. The van der Waals surface area contributed by atoms with E-state index in [9.17, 15) is 9.90 Å². The van der Waals surface area contributed by atoms with Crippen LogP contribution < -0.4 is 9.47 Å². The molecule has 0 heterocycles. The number of rotatable bonds is 4. The van der Waals surface area contributed by atoms with Crippen LogP contribution in [0.4, 0.5) is 0 Å². The van der Waals surface area contributed by atoms with Crippen LogP contribution in [0.1, 0.15) is 20.3 Å². The Morgan fingerprint density at radius 3 is 2.69 bits per heavy atom. The van der Waals surface area contributed by atoms with E-state index in [4.69, 9.17) is 9.47 Å². The molecule has 88 valence electrons. The highest BCUT2D eigenvalue weighted by molar-refractivity contribution is 5.74. The van der Waals surface area contributed by atoms with Crippen molar-refractivity contribution in [3.05, 3.63) is 18.2 Å². The summed E-state index contributed by atoms with van der Waals surface area (Å²) in [5.74, 6) is 0.181. The lowest BCUT2D eigenvalue weighted by atomic mass is 10.1. The van der Waals surface area contributed by atoms with Crippen molar-refractivity contribution in [1.82, 2.24) is 0 Å². The van der Waals surface area contributed by atoms with Gasteiger partial charge in [0.15, 0.2) is 11.5 Å². The molecule has 0 aliphatic carbocycles. The van der Waals surface area contributed by atoms with Crippen LogP contribution >= 0.6 is 0 Å². The molecule has 1 N–H and O–H groups in total. The number of phenolic OH excluding ortho intramolecular Hbond substituents is 1. The smallest absolute Gasteiger partial charge is 0.314 e. The van der Waals surface area contributed by atoms with Crippen LogP contribution in [0.25, 0.3) is 0 Å². The number of phenols is 1. The highest BCUT2D eigenvalue weighted by Crippen LogP contribution is 2.30. The number of esters is 1. The molecule has 1 rings (SSSR count). The number of carbonyl (C=O) groups is 1. The predicted molar refractivity (Wildman–Crippen MR) is 59.7 cm³/mol. The van der Waals surface area contributed by atoms with E-state index in [0.717, 1.165) is 6.42 Å². The van der Waals surface area contributed by atoms with Crippen LogP contribution in [0, 0.1) is 5.92 Å². The fourth-order valence-electron chi connectivity index (χ4n) is 1.12. The molecule has 1 aromatic carbocycles. The molecule has 16 heavy (non-hydrogen) atoms. The molecule has 1 atom stereocenters. The Balaban J connectivity index is 2.75. The molecule has 0 amide bonds. The summed E-state index contributed by atoms with van der Waals surface area (Å²) in [6, 6.07) is 4.49. The Bertz CT molecular complexity index is 373. The van der Waals surface area contributed by atoms with E-state index in [1.165, 1.54) is 13.2 Å². The summed E-state index contributed by atoms with van der Waals surface area (Å²) >= 11 is 0. The quantitative estimate of drug-likeness (QED) is 0.630. The molecule has 0 radical (unpaired) electrons. The monoisotopic (exact) mass is 224 g/mol. The van der Waals surface area contributed by atoms with Crippen LogP contribution in [0.5, 0.6) is 17.2 Å². The molecule has 4 heteroatoms. The summed E-state index contributed by atoms with van der Waals surface area (Å²) in [5, 5.41) is 9.48. The summed E-state index contributed by atoms with van der Waals surface area (Å²) in [5.41, 5.74) is 0. The van der Waals surface area contributed by atoms with Gasteiger partial charge in [-0.05, 0) is 18.6 Å². The van der Waals surface area contributed by atoms with E-state index in [-0.39, 0.29) is 17.6 Å². The second kappa shape index (κ2) is 5.39. The number of hydrogen-bond donors (Lipinski definition) is 1. The minimum Gasteiger partial charge on any atom is -0.504 e. The van der Waals surface area contributed by atoms with Gasteiger partial charge in [-0.3, -0.25) is 4.79 Å². The zero-order chi connectivity index (χ0) is 12.1. The number of methoxy groups -OCH3 is 1. The van der Waals surface area contributed by atoms with Crippen molar-refractivity contribution >= 4 is 5.97 Å². The molecule has 4 nitrogen and oxygen atoms in total. The van der Waals surface area contributed by atoms with Crippen LogP contribution in [0.15, 0.2) is 18.2 Å². The average Bonchev–Trinajstić information content (AvgIpc) is 2.28. The maximum Gasteiger partial charge on any atom is 0.314 e. The topological polar surface area (TPSA) is 55.8 Å². The molecule has 1 aromatic rings. The van der Waals surface area contributed by atoms with E-state index in [0.29, 0.717) is 11.5 Å². The van der Waals surface area contributed by atoms with Gasteiger partial charge in [-0.15, -0.1) is 0 Å². The Morgan fingerprint density at radius 2 is 2.19 bits per heavy atom. The summed E-state index contributed by atoms with van der Waals surface area (Å²) in [7, 11) is 1.46. The highest BCUT2D eigenvalue weighted by atomic mass is 16.5. The van der Waals surface area contributed by atoms with Crippen molar-refractivity contribution in [2.24, 2.45) is 5.92 Å². The Hall–Kier alpha value is -1.71. The van der Waals surface area contributed by atoms with Gasteiger partial charge in [0.05, 0.1) is 13.0 Å². The first-order chi connectivity index (χ1) is 7.58. The van der Waals surface area contributed by atoms with Crippen LogP contribution in [-0.2, 0) is 4.79 Å². The third kappa shape index (κ3) is 2.89. The minimum atomic E-state index is -0.299. The first-order valence-electron chi connectivity index (χ1n) is 5.17. The normalized spacial score (nSPS) is 11.9. The highest BCUT2D eigenvalue weighted by Gasteiger charge is 2.13. The van der Waals surface area contributed by atoms with Crippen LogP contribution in [-0.4, -0.2) is 18.2 Å². The van der Waals surface area contributed by atoms with Crippen LogP contribution in [0.3, 0.4) is 0 Å². The molecule has 1 unspecified atom stereocenters. The zero-order valence-corrected chi connectivity index (χ0v) is 9.69. The Labute approximate surface area is 94.8 Å². The van der Waals surface area contributed by atoms with E-state index in [2.05, 4.69) is 0 Å². The predicted octanol–water partition coefficient (Wildman–Crippen LogP) is 2.35. The van der Waals surface area contributed by atoms with Crippen molar-refractivity contribution in [2.75, 3.05) is 7.11 Å². The molecular formula is C12H16O4. The molecule has 0 aliphatic rings. The summed E-state index contributed by atoms with van der Waals surface area (Å²) in [6.45, 7) is 3.71. The maximum atomic E-state index is 11.5. The third-order valence-electron chi connectivity index (χ3n) is 2.38. The molecular weight excluding hydrogens is 208 g/mol. The average molecular weight is 224 g/mol. The second-order valence-corrected chi connectivity index (χ2v) is 3.56. The van der Waals surface area contributed by atoms with Gasteiger partial charge in [0, 0.05) is 6.07 Å². The lowest BCUT2D eigenvalue weighted by molar-refractivity contribution is -0.138. The van der Waals surface area contributed by atoms with E-state index < -0.39 is 0 Å². The molecule has 0 aromatic heterocycles. The van der Waals surface area contributed by atoms with Gasteiger partial charge in [-0.1, -0.05) is 13.8 Å². The summed E-state index contributed by atoms with van der Waals surface area (Å²) < 4.78 is 9.98. The van der Waals surface area contributed by atoms with Crippen molar-refractivity contribution < 1.29 is 19.4 Å². The molecule has 0 spiro atoms. The largest absolute Gasteiger partial charge is 0.504 e. The summed E-state index contributed by atoms with van der Waals surface area (Å²) in [4.78, 5) is 11.5. The van der Waals surface area contributed by atoms with Crippen molar-refractivity contribution in [3.8, 4) is 17.2 Å². The second-order valence-electron chi connectivity index (χ2n) is 3.56. The van der Waals surface area contributed by atoms with Gasteiger partial charge < -0.3 is 14.6 Å². The third-order valence-corrected chi connectivity index (χ3v) is 2.38. The van der Waals surface area contributed by atoms with Gasteiger partial charge >= 0.3 is 5.97 Å². The number of hydrogen-bond acceptors (Lipinski definition) is 4. The fourth-order valence-corrected chi connectivity index (χ4v) is 1.12. The first kappa shape index (κ1) is 12.4. The lowest BCUT2D eigenvalue weighted by Crippen LogP contribution is -2.16.